The molecule has 68 heavy (non-hydrogen) atoms. The van der Waals surface area contributed by atoms with E-state index in [1.165, 1.54) is 87.4 Å². The molecule has 5 nitrogen and oxygen atoms in total. The van der Waals surface area contributed by atoms with E-state index in [-0.39, 0.29) is 6.71 Å². The zero-order chi connectivity index (χ0) is 44.8. The van der Waals surface area contributed by atoms with Gasteiger partial charge in [0.25, 0.3) is 6.71 Å². The molecule has 0 saturated heterocycles. The number of para-hydroxylation sites is 5. The molecule has 0 saturated carbocycles. The smallest absolute Gasteiger partial charge is 0.256 e. The van der Waals surface area contributed by atoms with E-state index in [9.17, 15) is 0 Å². The molecule has 3 aromatic heterocycles. The summed E-state index contributed by atoms with van der Waals surface area (Å²) in [6.07, 6.45) is 0. The molecule has 0 aliphatic carbocycles. The molecular formula is C62H41BN4O. The Morgan fingerprint density at radius 2 is 0.853 bits per heavy atom. The highest BCUT2D eigenvalue weighted by atomic mass is 16.5. The fourth-order valence-corrected chi connectivity index (χ4v) is 12.0. The maximum atomic E-state index is 6.75. The van der Waals surface area contributed by atoms with E-state index in [1.54, 1.807) is 0 Å². The highest BCUT2D eigenvalue weighted by Crippen LogP contribution is 2.51. The Hall–Kier alpha value is -8.74. The van der Waals surface area contributed by atoms with Crippen LogP contribution in [0.2, 0.25) is 0 Å². The number of aromatic nitrogens is 3. The van der Waals surface area contributed by atoms with Gasteiger partial charge >= 0.3 is 0 Å². The van der Waals surface area contributed by atoms with E-state index in [0.717, 1.165) is 51.1 Å². The Bertz CT molecular complexity index is 4190. The molecule has 0 fully saturated rings. The van der Waals surface area contributed by atoms with Crippen LogP contribution in [0.1, 0.15) is 11.1 Å². The lowest BCUT2D eigenvalue weighted by Gasteiger charge is -2.40. The van der Waals surface area contributed by atoms with Crippen LogP contribution in [0.25, 0.3) is 82.5 Å². The summed E-state index contributed by atoms with van der Waals surface area (Å²) in [5.74, 6) is 1.83. The molecule has 0 N–H and O–H groups in total. The molecule has 10 aromatic carbocycles. The monoisotopic (exact) mass is 868 g/mol. The van der Waals surface area contributed by atoms with Crippen LogP contribution in [0.3, 0.4) is 0 Å². The summed E-state index contributed by atoms with van der Waals surface area (Å²) < 4.78 is 14.4. The Morgan fingerprint density at radius 3 is 1.43 bits per heavy atom. The van der Waals surface area contributed by atoms with Crippen molar-refractivity contribution in [3.63, 3.8) is 0 Å². The number of aryl methyl sites for hydroxylation is 2. The van der Waals surface area contributed by atoms with Crippen LogP contribution in [0, 0.1) is 13.8 Å². The van der Waals surface area contributed by atoms with Gasteiger partial charge in [-0.3, -0.25) is 0 Å². The second-order valence-corrected chi connectivity index (χ2v) is 18.6. The average Bonchev–Trinajstić information content (AvgIpc) is 4.03. The summed E-state index contributed by atoms with van der Waals surface area (Å²) in [6, 6.07) is 78.2. The van der Waals surface area contributed by atoms with Crippen molar-refractivity contribution in [2.45, 2.75) is 13.8 Å². The minimum absolute atomic E-state index is 0.00879. The van der Waals surface area contributed by atoms with Crippen LogP contribution < -0.4 is 26.0 Å². The first-order chi connectivity index (χ1) is 33.6. The molecule has 0 atom stereocenters. The van der Waals surface area contributed by atoms with Crippen LogP contribution in [0.5, 0.6) is 11.5 Å². The van der Waals surface area contributed by atoms with Crippen molar-refractivity contribution in [1.82, 2.24) is 13.7 Å². The molecule has 2 aliphatic heterocycles. The van der Waals surface area contributed by atoms with Gasteiger partial charge in [0.05, 0.1) is 33.1 Å². The predicted molar refractivity (Wildman–Crippen MR) is 285 cm³/mol. The largest absolute Gasteiger partial charge is 0.458 e. The van der Waals surface area contributed by atoms with E-state index in [1.807, 2.05) is 0 Å². The van der Waals surface area contributed by atoms with Gasteiger partial charge in [-0.2, -0.15) is 0 Å². The maximum absolute atomic E-state index is 6.75. The number of ether oxygens (including phenoxy) is 1. The Kier molecular flexibility index (Phi) is 7.66. The third-order valence-corrected chi connectivity index (χ3v) is 14.7. The van der Waals surface area contributed by atoms with Crippen molar-refractivity contribution in [3.05, 3.63) is 223 Å². The minimum atomic E-state index is -0.00879. The third-order valence-electron chi connectivity index (χ3n) is 14.7. The zero-order valence-electron chi connectivity index (χ0n) is 37.5. The molecule has 0 radical (unpaired) electrons. The Morgan fingerprint density at radius 1 is 0.353 bits per heavy atom. The molecular weight excluding hydrogens is 828 g/mol. The zero-order valence-corrected chi connectivity index (χ0v) is 37.5. The SMILES string of the molecule is Cc1ccc(N2c3cc(-n4c5ccccc5c5c6c(c7ccccc7n6-c6ccccc6)c6c(c7ccccc7n6-c6ccccc6)c54)ccc3B3c4cc(C)ccc4Oc4cccc2c43)cc1. The van der Waals surface area contributed by atoms with Gasteiger partial charge in [0.2, 0.25) is 0 Å². The number of benzene rings is 10. The number of hydrogen-bond donors (Lipinski definition) is 0. The highest BCUT2D eigenvalue weighted by molar-refractivity contribution is 6.99. The van der Waals surface area contributed by atoms with E-state index in [0.29, 0.717) is 0 Å². The molecule has 318 valence electrons. The maximum Gasteiger partial charge on any atom is 0.256 e. The fraction of sp³-hybridized carbons (Fsp3) is 0.0323. The molecule has 0 unspecified atom stereocenters. The average molecular weight is 869 g/mol. The molecule has 0 spiro atoms. The van der Waals surface area contributed by atoms with Crippen molar-refractivity contribution in [3.8, 4) is 28.6 Å². The molecule has 0 bridgehead atoms. The summed E-state index contributed by atoms with van der Waals surface area (Å²) in [5, 5.41) is 7.36. The quantitative estimate of drug-likeness (QED) is 0.165. The molecule has 2 aliphatic rings. The Labute approximate surface area is 393 Å². The van der Waals surface area contributed by atoms with E-state index in [4.69, 9.17) is 4.74 Å². The molecule has 13 aromatic rings. The van der Waals surface area contributed by atoms with Crippen molar-refractivity contribution < 1.29 is 4.74 Å². The number of rotatable bonds is 4. The normalized spacial score (nSPS) is 12.9. The standard InChI is InChI=1S/C62H41BN4O/c1-38-28-31-42(32-29-38)64-52-26-15-27-55-59(52)63(48-36-39(2)30-35-54(48)68-55)47-34-33-43(37-53(47)64)67-51-25-14-11-22-46(51)58-61-56(44-20-9-12-23-49(44)65(61)40-16-5-3-6-17-40)60-57(62(58)67)45-21-10-13-24-50(45)66(60)41-18-7-4-8-19-41/h3-37H,1-2H3. The van der Waals surface area contributed by atoms with Crippen molar-refractivity contribution >= 4 is 106 Å². The summed E-state index contributed by atoms with van der Waals surface area (Å²) in [4.78, 5) is 2.47. The first-order valence-corrected chi connectivity index (χ1v) is 23.6. The first kappa shape index (κ1) is 37.5. The van der Waals surface area contributed by atoms with Gasteiger partial charge in [-0.1, -0.05) is 139 Å². The summed E-state index contributed by atoms with van der Waals surface area (Å²) in [6.45, 7) is 4.33. The van der Waals surface area contributed by atoms with Crippen molar-refractivity contribution in [2.24, 2.45) is 0 Å². The molecule has 5 heterocycles. The van der Waals surface area contributed by atoms with Crippen LogP contribution in [0.15, 0.2) is 212 Å². The number of hydrogen-bond acceptors (Lipinski definition) is 2. The van der Waals surface area contributed by atoms with Crippen LogP contribution in [-0.2, 0) is 0 Å². The number of nitrogens with zero attached hydrogens (tertiary/aromatic N) is 4. The van der Waals surface area contributed by atoms with Crippen LogP contribution >= 0.6 is 0 Å². The van der Waals surface area contributed by atoms with Gasteiger partial charge in [-0.15, -0.1) is 0 Å². The summed E-state index contributed by atoms with van der Waals surface area (Å²) >= 11 is 0. The lowest BCUT2D eigenvalue weighted by molar-refractivity contribution is 0.487. The van der Waals surface area contributed by atoms with E-state index >= 15 is 0 Å². The summed E-state index contributed by atoms with van der Waals surface area (Å²) in [5.41, 5.74) is 20.0. The Balaban J connectivity index is 1.14. The van der Waals surface area contributed by atoms with Gasteiger partial charge in [0, 0.05) is 66.4 Å². The lowest BCUT2D eigenvalue weighted by Crippen LogP contribution is -2.59. The minimum Gasteiger partial charge on any atom is -0.458 e. The second kappa shape index (κ2) is 13.9. The van der Waals surface area contributed by atoms with Crippen LogP contribution in [-0.4, -0.2) is 20.4 Å². The molecule has 0 amide bonds. The van der Waals surface area contributed by atoms with Gasteiger partial charge < -0.3 is 23.3 Å². The topological polar surface area (TPSA) is 27.3 Å². The third kappa shape index (κ3) is 5.01. The number of anilines is 3. The second-order valence-electron chi connectivity index (χ2n) is 18.6. The molecule has 15 rings (SSSR count). The molecule has 6 heteroatoms. The number of fused-ring (bicyclic) bond motifs is 16. The lowest BCUT2D eigenvalue weighted by atomic mass is 9.34. The van der Waals surface area contributed by atoms with Crippen molar-refractivity contribution in [2.75, 3.05) is 4.90 Å². The first-order valence-electron chi connectivity index (χ1n) is 23.6. The fourth-order valence-electron chi connectivity index (χ4n) is 12.0. The van der Waals surface area contributed by atoms with Crippen LogP contribution in [0.4, 0.5) is 17.1 Å². The van der Waals surface area contributed by atoms with Gasteiger partial charge in [0.1, 0.15) is 11.5 Å². The van der Waals surface area contributed by atoms with Gasteiger partial charge in [-0.05, 0) is 115 Å². The van der Waals surface area contributed by atoms with Gasteiger partial charge in [-0.25, -0.2) is 0 Å². The van der Waals surface area contributed by atoms with Crippen molar-refractivity contribution in [1.29, 1.82) is 0 Å². The van der Waals surface area contributed by atoms with Gasteiger partial charge in [0.15, 0.2) is 0 Å². The predicted octanol–water partition coefficient (Wildman–Crippen LogP) is 14.0. The highest BCUT2D eigenvalue weighted by Gasteiger charge is 2.42. The summed E-state index contributed by atoms with van der Waals surface area (Å²) in [7, 11) is 0. The van der Waals surface area contributed by atoms with E-state index < -0.39 is 0 Å². The van der Waals surface area contributed by atoms with E-state index in [2.05, 4.69) is 245 Å².